The van der Waals surface area contributed by atoms with Crippen LogP contribution in [-0.2, 0) is 4.79 Å². The Hall–Kier alpha value is -1.63. The van der Waals surface area contributed by atoms with Crippen molar-refractivity contribution in [1.82, 2.24) is 4.90 Å². The van der Waals surface area contributed by atoms with Gasteiger partial charge in [-0.3, -0.25) is 4.79 Å². The molecule has 7 heteroatoms. The predicted octanol–water partition coefficient (Wildman–Crippen LogP) is 2.37. The number of hydrogen-bond acceptors (Lipinski definition) is 4. The summed E-state index contributed by atoms with van der Waals surface area (Å²) in [6.07, 6.45) is 0.313. The molecule has 104 valence electrons. The van der Waals surface area contributed by atoms with E-state index in [4.69, 9.17) is 14.9 Å². The van der Waals surface area contributed by atoms with Gasteiger partial charge >= 0.3 is 5.97 Å². The second-order valence-electron chi connectivity index (χ2n) is 4.26. The van der Waals surface area contributed by atoms with E-state index in [1.165, 1.54) is 17.9 Å². The number of amides is 1. The van der Waals surface area contributed by atoms with E-state index < -0.39 is 5.97 Å². The van der Waals surface area contributed by atoms with Gasteiger partial charge in [-0.25, -0.2) is 4.79 Å². The number of carbonyl (C=O) groups excluding carboxylic acids is 1. The Morgan fingerprint density at radius 3 is 2.58 bits per heavy atom. The number of nitrogens with zero attached hydrogens (tertiary/aromatic N) is 1. The lowest BCUT2D eigenvalue weighted by atomic mass is 10.1. The molecule has 1 unspecified atom stereocenters. The molecule has 0 aliphatic heterocycles. The van der Waals surface area contributed by atoms with Gasteiger partial charge in [-0.15, -0.1) is 0 Å². The first-order valence-electron chi connectivity index (χ1n) is 5.57. The molecule has 1 atom stereocenters. The molecule has 0 saturated carbocycles. The summed E-state index contributed by atoms with van der Waals surface area (Å²) in [6, 6.07) is 1.15. The number of carboxylic acids is 1. The first kappa shape index (κ1) is 15.4. The van der Waals surface area contributed by atoms with Crippen molar-refractivity contribution in [2.75, 3.05) is 7.05 Å². The van der Waals surface area contributed by atoms with Gasteiger partial charge < -0.3 is 19.8 Å². The molecule has 0 bridgehead atoms. The third-order valence-corrected chi connectivity index (χ3v) is 3.47. The molecule has 6 nitrogen and oxygen atoms in total. The van der Waals surface area contributed by atoms with Crippen LogP contribution in [0.25, 0.3) is 0 Å². The largest absolute Gasteiger partial charge is 0.475 e. The van der Waals surface area contributed by atoms with E-state index in [-0.39, 0.29) is 28.1 Å². The molecule has 1 rings (SSSR count). The Kier molecular flexibility index (Phi) is 4.88. The topological polar surface area (TPSA) is 94.6 Å². The van der Waals surface area contributed by atoms with Crippen LogP contribution in [0.5, 0.6) is 0 Å². The number of nitrogens with one attached hydrogen (secondary N) is 1. The van der Waals surface area contributed by atoms with Crippen LogP contribution < -0.4 is 0 Å². The standard InChI is InChI=1S/C12H15BrN2O4/c1-6(15(3)7(2)16)4-9(14)8-5-10(12(17)18)19-11(8)13/h5-6,14H,4H2,1-3H3,(H,17,18). The fourth-order valence-electron chi connectivity index (χ4n) is 1.53. The molecule has 2 N–H and O–H groups in total. The zero-order chi connectivity index (χ0) is 14.7. The Morgan fingerprint density at radius 2 is 2.16 bits per heavy atom. The second-order valence-corrected chi connectivity index (χ2v) is 4.99. The molecule has 0 saturated heterocycles. The lowest BCUT2D eigenvalue weighted by Gasteiger charge is -2.23. The number of rotatable bonds is 5. The number of aromatic carboxylic acids is 1. The fourth-order valence-corrected chi connectivity index (χ4v) is 2.06. The lowest BCUT2D eigenvalue weighted by molar-refractivity contribution is -0.129. The maximum absolute atomic E-state index is 11.2. The monoisotopic (exact) mass is 330 g/mol. The van der Waals surface area contributed by atoms with Crippen molar-refractivity contribution in [3.63, 3.8) is 0 Å². The van der Waals surface area contributed by atoms with Gasteiger partial charge in [-0.2, -0.15) is 0 Å². The van der Waals surface area contributed by atoms with E-state index in [1.54, 1.807) is 7.05 Å². The molecule has 1 aromatic rings. The highest BCUT2D eigenvalue weighted by atomic mass is 79.9. The van der Waals surface area contributed by atoms with Crippen molar-refractivity contribution in [1.29, 1.82) is 5.41 Å². The Bertz CT molecular complexity index is 524. The van der Waals surface area contributed by atoms with E-state index in [2.05, 4.69) is 15.9 Å². The summed E-state index contributed by atoms with van der Waals surface area (Å²) in [7, 11) is 1.66. The Morgan fingerprint density at radius 1 is 1.58 bits per heavy atom. The SMILES string of the molecule is CC(=O)N(C)C(C)CC(=N)c1cc(C(=O)O)oc1Br. The summed E-state index contributed by atoms with van der Waals surface area (Å²) >= 11 is 3.09. The molecule has 1 amide bonds. The molecule has 0 radical (unpaired) electrons. The highest BCUT2D eigenvalue weighted by Crippen LogP contribution is 2.24. The summed E-state index contributed by atoms with van der Waals surface area (Å²) < 4.78 is 5.20. The maximum Gasteiger partial charge on any atom is 0.371 e. The predicted molar refractivity (Wildman–Crippen MR) is 72.7 cm³/mol. The highest BCUT2D eigenvalue weighted by molar-refractivity contribution is 9.10. The van der Waals surface area contributed by atoms with Crippen molar-refractivity contribution >= 4 is 33.5 Å². The van der Waals surface area contributed by atoms with E-state index >= 15 is 0 Å². The number of halogens is 1. The summed E-state index contributed by atoms with van der Waals surface area (Å²) in [6.45, 7) is 3.28. The van der Waals surface area contributed by atoms with Gasteiger partial charge in [0.05, 0.1) is 0 Å². The Labute approximate surface area is 119 Å². The van der Waals surface area contributed by atoms with Crippen LogP contribution in [0.4, 0.5) is 0 Å². The van der Waals surface area contributed by atoms with E-state index in [0.717, 1.165) is 0 Å². The van der Waals surface area contributed by atoms with Crippen LogP contribution in [0.2, 0.25) is 0 Å². The maximum atomic E-state index is 11.2. The minimum absolute atomic E-state index is 0.0854. The van der Waals surface area contributed by atoms with Crippen LogP contribution in [0.15, 0.2) is 15.2 Å². The van der Waals surface area contributed by atoms with E-state index in [9.17, 15) is 9.59 Å². The summed E-state index contributed by atoms with van der Waals surface area (Å²) in [5.74, 6) is -1.49. The molecule has 0 aliphatic rings. The van der Waals surface area contributed by atoms with Crippen LogP contribution >= 0.6 is 15.9 Å². The molecule has 19 heavy (non-hydrogen) atoms. The zero-order valence-electron chi connectivity index (χ0n) is 10.9. The number of hydrogen-bond donors (Lipinski definition) is 2. The number of carbonyl (C=O) groups is 2. The molecule has 1 heterocycles. The van der Waals surface area contributed by atoms with Crippen molar-refractivity contribution in [3.05, 3.63) is 22.1 Å². The average Bonchev–Trinajstić information content (AvgIpc) is 2.70. The van der Waals surface area contributed by atoms with Gasteiger partial charge in [-0.05, 0) is 22.9 Å². The first-order chi connectivity index (χ1) is 8.73. The van der Waals surface area contributed by atoms with Gasteiger partial charge in [-0.1, -0.05) is 0 Å². The quantitative estimate of drug-likeness (QED) is 0.810. The molecule has 0 aromatic carbocycles. The summed E-state index contributed by atoms with van der Waals surface area (Å²) in [5, 5.41) is 16.8. The fraction of sp³-hybridized carbons (Fsp3) is 0.417. The number of furan rings is 1. The van der Waals surface area contributed by atoms with Crippen molar-refractivity contribution in [2.45, 2.75) is 26.3 Å². The van der Waals surface area contributed by atoms with Gasteiger partial charge in [0, 0.05) is 43.8 Å². The molecule has 0 aliphatic carbocycles. The Balaban J connectivity index is 2.84. The first-order valence-corrected chi connectivity index (χ1v) is 6.37. The van der Waals surface area contributed by atoms with Crippen LogP contribution in [-0.4, -0.2) is 40.7 Å². The highest BCUT2D eigenvalue weighted by Gasteiger charge is 2.20. The van der Waals surface area contributed by atoms with Crippen LogP contribution in [0.3, 0.4) is 0 Å². The smallest absolute Gasteiger partial charge is 0.371 e. The molecule has 1 aromatic heterocycles. The van der Waals surface area contributed by atoms with Crippen LogP contribution in [0.1, 0.15) is 36.4 Å². The second kappa shape index (κ2) is 6.01. The summed E-state index contributed by atoms with van der Waals surface area (Å²) in [5.41, 5.74) is 0.602. The molecular formula is C12H15BrN2O4. The van der Waals surface area contributed by atoms with Gasteiger partial charge in [0.1, 0.15) is 0 Å². The van der Waals surface area contributed by atoms with Crippen molar-refractivity contribution in [3.8, 4) is 0 Å². The van der Waals surface area contributed by atoms with Crippen molar-refractivity contribution in [2.24, 2.45) is 0 Å². The summed E-state index contributed by atoms with van der Waals surface area (Å²) in [4.78, 5) is 23.5. The van der Waals surface area contributed by atoms with Gasteiger partial charge in [0.15, 0.2) is 4.67 Å². The molecule has 0 fully saturated rings. The zero-order valence-corrected chi connectivity index (χ0v) is 12.4. The van der Waals surface area contributed by atoms with E-state index in [0.29, 0.717) is 12.0 Å². The third kappa shape index (κ3) is 3.66. The normalized spacial score (nSPS) is 12.0. The molecule has 0 spiro atoms. The third-order valence-electron chi connectivity index (χ3n) is 2.88. The van der Waals surface area contributed by atoms with Crippen LogP contribution in [0, 0.1) is 5.41 Å². The lowest BCUT2D eigenvalue weighted by Crippen LogP contribution is -2.34. The minimum Gasteiger partial charge on any atom is -0.475 e. The van der Waals surface area contributed by atoms with Gasteiger partial charge in [0.2, 0.25) is 11.7 Å². The van der Waals surface area contributed by atoms with Gasteiger partial charge in [0.25, 0.3) is 0 Å². The molecular weight excluding hydrogens is 316 g/mol. The van der Waals surface area contributed by atoms with Crippen molar-refractivity contribution < 1.29 is 19.1 Å². The average molecular weight is 331 g/mol. The number of carboxylic acid groups (broad SMARTS) is 1. The minimum atomic E-state index is -1.19. The van der Waals surface area contributed by atoms with E-state index in [1.807, 2.05) is 6.92 Å².